The van der Waals surface area contributed by atoms with E-state index >= 15 is 0 Å². The lowest BCUT2D eigenvalue weighted by Crippen LogP contribution is -2.30. The van der Waals surface area contributed by atoms with Crippen molar-refractivity contribution in [3.63, 3.8) is 0 Å². The Morgan fingerprint density at radius 3 is 2.74 bits per heavy atom. The average molecular weight is 263 g/mol. The van der Waals surface area contributed by atoms with Crippen LogP contribution in [-0.4, -0.2) is 35.6 Å². The number of nitrogens with one attached hydrogen (secondary N) is 1. The number of aryl methyl sites for hydroxylation is 1. The molecule has 0 saturated carbocycles. The Morgan fingerprint density at radius 2 is 2.05 bits per heavy atom. The lowest BCUT2D eigenvalue weighted by Gasteiger charge is -2.28. The SMILES string of the molecule is Cc1nc(NCCC(C)N)cc(N2CCCCC2)n1. The zero-order valence-corrected chi connectivity index (χ0v) is 12.0. The van der Waals surface area contributed by atoms with E-state index in [0.717, 1.165) is 43.5 Å². The van der Waals surface area contributed by atoms with Crippen LogP contribution in [0.1, 0.15) is 38.4 Å². The first kappa shape index (κ1) is 14.1. The molecule has 1 aliphatic heterocycles. The summed E-state index contributed by atoms with van der Waals surface area (Å²) in [6.45, 7) is 7.04. The first-order valence-electron chi connectivity index (χ1n) is 7.25. The predicted octanol–water partition coefficient (Wildman–Crippen LogP) is 1.92. The molecule has 1 aromatic rings. The fourth-order valence-electron chi connectivity index (χ4n) is 2.36. The summed E-state index contributed by atoms with van der Waals surface area (Å²) in [6, 6.07) is 2.27. The molecule has 19 heavy (non-hydrogen) atoms. The fraction of sp³-hybridized carbons (Fsp3) is 0.714. The number of hydrogen-bond donors (Lipinski definition) is 2. The predicted molar refractivity (Wildman–Crippen MR) is 79.6 cm³/mol. The average Bonchev–Trinajstić information content (AvgIpc) is 2.39. The summed E-state index contributed by atoms with van der Waals surface area (Å²) >= 11 is 0. The Labute approximate surface area is 115 Å². The maximum atomic E-state index is 5.75. The van der Waals surface area contributed by atoms with Crippen molar-refractivity contribution >= 4 is 11.6 Å². The fourth-order valence-corrected chi connectivity index (χ4v) is 2.36. The molecule has 1 saturated heterocycles. The van der Waals surface area contributed by atoms with Crippen LogP contribution in [-0.2, 0) is 0 Å². The maximum Gasteiger partial charge on any atom is 0.134 e. The van der Waals surface area contributed by atoms with Gasteiger partial charge in [-0.15, -0.1) is 0 Å². The zero-order chi connectivity index (χ0) is 13.7. The van der Waals surface area contributed by atoms with Crippen molar-refractivity contribution in [2.24, 2.45) is 5.73 Å². The molecule has 0 bridgehead atoms. The quantitative estimate of drug-likeness (QED) is 0.849. The molecule has 106 valence electrons. The Kier molecular flexibility index (Phi) is 4.96. The third-order valence-electron chi connectivity index (χ3n) is 3.41. The lowest BCUT2D eigenvalue weighted by molar-refractivity contribution is 0.572. The van der Waals surface area contributed by atoms with Crippen LogP contribution >= 0.6 is 0 Å². The number of anilines is 2. The van der Waals surface area contributed by atoms with Crippen LogP contribution in [0.5, 0.6) is 0 Å². The van der Waals surface area contributed by atoms with Crippen LogP contribution in [0.4, 0.5) is 11.6 Å². The standard InChI is InChI=1S/C14H25N5/c1-11(15)6-7-16-13-10-14(18-12(2)17-13)19-8-4-3-5-9-19/h10-11H,3-9,15H2,1-2H3,(H,16,17,18). The summed E-state index contributed by atoms with van der Waals surface area (Å²) in [7, 11) is 0. The number of hydrogen-bond acceptors (Lipinski definition) is 5. The Hall–Kier alpha value is -1.36. The second-order valence-electron chi connectivity index (χ2n) is 5.40. The topological polar surface area (TPSA) is 67.1 Å². The van der Waals surface area contributed by atoms with Gasteiger partial charge in [0.05, 0.1) is 0 Å². The molecule has 0 radical (unpaired) electrons. The molecule has 1 atom stereocenters. The molecular weight excluding hydrogens is 238 g/mol. The van der Waals surface area contributed by atoms with Crippen molar-refractivity contribution in [1.29, 1.82) is 0 Å². The smallest absolute Gasteiger partial charge is 0.134 e. The molecule has 0 aromatic carbocycles. The summed E-state index contributed by atoms with van der Waals surface area (Å²) in [5, 5.41) is 3.34. The molecule has 3 N–H and O–H groups in total. The van der Waals surface area contributed by atoms with Crippen LogP contribution in [0, 0.1) is 6.92 Å². The van der Waals surface area contributed by atoms with Gasteiger partial charge in [-0.1, -0.05) is 0 Å². The molecule has 5 heteroatoms. The van der Waals surface area contributed by atoms with Crippen LogP contribution in [0.15, 0.2) is 6.07 Å². The normalized spacial score (nSPS) is 17.3. The maximum absolute atomic E-state index is 5.75. The Morgan fingerprint density at radius 1 is 1.32 bits per heavy atom. The highest BCUT2D eigenvalue weighted by Crippen LogP contribution is 2.20. The number of piperidine rings is 1. The van der Waals surface area contributed by atoms with E-state index in [0.29, 0.717) is 0 Å². The molecular formula is C14H25N5. The van der Waals surface area contributed by atoms with E-state index in [-0.39, 0.29) is 6.04 Å². The summed E-state index contributed by atoms with van der Waals surface area (Å²) < 4.78 is 0. The van der Waals surface area contributed by atoms with Crippen molar-refractivity contribution < 1.29 is 0 Å². The number of nitrogens with two attached hydrogens (primary N) is 1. The van der Waals surface area contributed by atoms with E-state index in [9.17, 15) is 0 Å². The third kappa shape index (κ3) is 4.35. The van der Waals surface area contributed by atoms with E-state index in [1.54, 1.807) is 0 Å². The van der Waals surface area contributed by atoms with Gasteiger partial charge < -0.3 is 16.0 Å². The second-order valence-corrected chi connectivity index (χ2v) is 5.40. The molecule has 1 aromatic heterocycles. The molecule has 2 rings (SSSR count). The second kappa shape index (κ2) is 6.70. The van der Waals surface area contributed by atoms with Crippen molar-refractivity contribution in [2.75, 3.05) is 29.9 Å². The summed E-state index contributed by atoms with van der Waals surface area (Å²) in [6.07, 6.45) is 4.80. The van der Waals surface area contributed by atoms with Crippen LogP contribution in [0.25, 0.3) is 0 Å². The van der Waals surface area contributed by atoms with Gasteiger partial charge in [-0.25, -0.2) is 9.97 Å². The van der Waals surface area contributed by atoms with E-state index in [1.807, 2.05) is 13.8 Å². The van der Waals surface area contributed by atoms with Gasteiger partial charge in [0.25, 0.3) is 0 Å². The first-order chi connectivity index (χ1) is 9.15. The van der Waals surface area contributed by atoms with Gasteiger partial charge in [-0.3, -0.25) is 0 Å². The molecule has 2 heterocycles. The highest BCUT2D eigenvalue weighted by Gasteiger charge is 2.13. The van der Waals surface area contributed by atoms with Crippen molar-refractivity contribution in [2.45, 2.75) is 45.6 Å². The minimum absolute atomic E-state index is 0.219. The monoisotopic (exact) mass is 263 g/mol. The van der Waals surface area contributed by atoms with Crippen LogP contribution in [0.3, 0.4) is 0 Å². The van der Waals surface area contributed by atoms with Gasteiger partial charge >= 0.3 is 0 Å². The Bertz CT molecular complexity index is 399. The minimum atomic E-state index is 0.219. The number of nitrogens with zero attached hydrogens (tertiary/aromatic N) is 3. The highest BCUT2D eigenvalue weighted by molar-refractivity contribution is 5.49. The van der Waals surface area contributed by atoms with E-state index in [4.69, 9.17) is 5.73 Å². The lowest BCUT2D eigenvalue weighted by atomic mass is 10.1. The van der Waals surface area contributed by atoms with Gasteiger partial charge in [-0.2, -0.15) is 0 Å². The number of aromatic nitrogens is 2. The molecule has 1 aliphatic rings. The van der Waals surface area contributed by atoms with E-state index < -0.39 is 0 Å². The molecule has 1 fully saturated rings. The minimum Gasteiger partial charge on any atom is -0.370 e. The molecule has 0 spiro atoms. The molecule has 1 unspecified atom stereocenters. The van der Waals surface area contributed by atoms with Gasteiger partial charge in [0.15, 0.2) is 0 Å². The highest BCUT2D eigenvalue weighted by atomic mass is 15.2. The molecule has 0 aliphatic carbocycles. The van der Waals surface area contributed by atoms with Gasteiger partial charge in [0.2, 0.25) is 0 Å². The van der Waals surface area contributed by atoms with Gasteiger partial charge in [0, 0.05) is 31.7 Å². The van der Waals surface area contributed by atoms with E-state index in [1.165, 1.54) is 19.3 Å². The van der Waals surface area contributed by atoms with Crippen LogP contribution in [0.2, 0.25) is 0 Å². The van der Waals surface area contributed by atoms with Crippen molar-refractivity contribution in [3.8, 4) is 0 Å². The van der Waals surface area contributed by atoms with Crippen LogP contribution < -0.4 is 16.0 Å². The summed E-state index contributed by atoms with van der Waals surface area (Å²) in [5.74, 6) is 2.79. The summed E-state index contributed by atoms with van der Waals surface area (Å²) in [5.41, 5.74) is 5.75. The van der Waals surface area contributed by atoms with E-state index in [2.05, 4.69) is 26.3 Å². The van der Waals surface area contributed by atoms with Gasteiger partial charge in [-0.05, 0) is 39.5 Å². The zero-order valence-electron chi connectivity index (χ0n) is 12.0. The summed E-state index contributed by atoms with van der Waals surface area (Å²) in [4.78, 5) is 11.3. The Balaban J connectivity index is 2.01. The first-order valence-corrected chi connectivity index (χ1v) is 7.25. The third-order valence-corrected chi connectivity index (χ3v) is 3.41. The molecule has 0 amide bonds. The molecule has 5 nitrogen and oxygen atoms in total. The number of rotatable bonds is 5. The largest absolute Gasteiger partial charge is 0.370 e. The van der Waals surface area contributed by atoms with Crippen molar-refractivity contribution in [1.82, 2.24) is 9.97 Å². The van der Waals surface area contributed by atoms with Gasteiger partial charge in [0.1, 0.15) is 17.5 Å². The van der Waals surface area contributed by atoms with Crippen molar-refractivity contribution in [3.05, 3.63) is 11.9 Å².